The van der Waals surface area contributed by atoms with E-state index >= 15 is 0 Å². The van der Waals surface area contributed by atoms with E-state index in [1.165, 1.54) is 6.07 Å². The van der Waals surface area contributed by atoms with Crippen molar-refractivity contribution in [3.8, 4) is 11.6 Å². The van der Waals surface area contributed by atoms with Crippen molar-refractivity contribution in [3.63, 3.8) is 0 Å². The molecule has 0 aliphatic rings. The number of ether oxygens (including phenoxy) is 2. The van der Waals surface area contributed by atoms with Crippen LogP contribution >= 0.6 is 0 Å². The molecule has 1 heterocycles. The van der Waals surface area contributed by atoms with Crippen LogP contribution in [-0.4, -0.2) is 23.0 Å². The van der Waals surface area contributed by atoms with Gasteiger partial charge >= 0.3 is 11.7 Å². The van der Waals surface area contributed by atoms with E-state index in [9.17, 15) is 23.7 Å². The van der Waals surface area contributed by atoms with Crippen LogP contribution in [0.3, 0.4) is 0 Å². The summed E-state index contributed by atoms with van der Waals surface area (Å²) in [4.78, 5) is 25.0. The molecule has 0 bridgehead atoms. The lowest BCUT2D eigenvalue weighted by atomic mass is 10.2. The highest BCUT2D eigenvalue weighted by Gasteiger charge is 2.23. The van der Waals surface area contributed by atoms with E-state index in [0.29, 0.717) is 0 Å². The van der Waals surface area contributed by atoms with Crippen molar-refractivity contribution in [2.45, 2.75) is 0 Å². The number of rotatable bonds is 4. The third-order valence-corrected chi connectivity index (χ3v) is 2.57. The molecular weight excluding hydrogens is 302 g/mol. The highest BCUT2D eigenvalue weighted by atomic mass is 19.2. The van der Waals surface area contributed by atoms with Crippen LogP contribution in [0.2, 0.25) is 0 Å². The average Bonchev–Trinajstić information content (AvgIpc) is 2.51. The number of hydrogen-bond acceptors (Lipinski definition) is 6. The van der Waals surface area contributed by atoms with Crippen LogP contribution in [0.1, 0.15) is 10.4 Å². The second kappa shape index (κ2) is 6.12. The summed E-state index contributed by atoms with van der Waals surface area (Å²) in [5.41, 5.74) is -0.868. The summed E-state index contributed by atoms with van der Waals surface area (Å²) in [7, 11) is 1.10. The summed E-state index contributed by atoms with van der Waals surface area (Å²) >= 11 is 0. The average molecular weight is 310 g/mol. The molecular formula is C13H8F2N2O5. The smallest absolute Gasteiger partial charge is 0.339 e. The van der Waals surface area contributed by atoms with E-state index in [1.807, 2.05) is 0 Å². The van der Waals surface area contributed by atoms with Gasteiger partial charge in [0, 0.05) is 12.3 Å². The predicted molar refractivity (Wildman–Crippen MR) is 68.7 cm³/mol. The molecule has 9 heteroatoms. The van der Waals surface area contributed by atoms with Crippen LogP contribution in [0.5, 0.6) is 11.6 Å². The zero-order valence-electron chi connectivity index (χ0n) is 11.1. The fourth-order valence-corrected chi connectivity index (χ4v) is 1.55. The first-order valence-electron chi connectivity index (χ1n) is 5.78. The molecule has 0 amide bonds. The van der Waals surface area contributed by atoms with Gasteiger partial charge in [-0.3, -0.25) is 10.1 Å². The fourth-order valence-electron chi connectivity index (χ4n) is 1.55. The minimum Gasteiger partial charge on any atom is -0.465 e. The molecule has 114 valence electrons. The molecule has 1 aromatic heterocycles. The molecule has 0 saturated heterocycles. The number of hydrogen-bond donors (Lipinski definition) is 0. The monoisotopic (exact) mass is 310 g/mol. The third kappa shape index (κ3) is 2.97. The Morgan fingerprint density at radius 1 is 1.36 bits per heavy atom. The van der Waals surface area contributed by atoms with Crippen LogP contribution < -0.4 is 4.74 Å². The van der Waals surface area contributed by atoms with Crippen LogP contribution in [0.25, 0.3) is 0 Å². The first-order chi connectivity index (χ1) is 10.4. The first-order valence-corrected chi connectivity index (χ1v) is 5.78. The molecule has 0 atom stereocenters. The third-order valence-electron chi connectivity index (χ3n) is 2.57. The van der Waals surface area contributed by atoms with Gasteiger partial charge in [0.05, 0.1) is 17.6 Å². The van der Waals surface area contributed by atoms with Crippen LogP contribution in [0.4, 0.5) is 14.5 Å². The maximum atomic E-state index is 13.5. The summed E-state index contributed by atoms with van der Waals surface area (Å²) < 4.78 is 35.9. The Labute approximate surface area is 122 Å². The summed E-state index contributed by atoms with van der Waals surface area (Å²) in [6.07, 6.45) is 0.964. The number of nitrogens with zero attached hydrogens (tertiary/aromatic N) is 2. The molecule has 0 spiro atoms. The van der Waals surface area contributed by atoms with Gasteiger partial charge in [-0.15, -0.1) is 0 Å². The van der Waals surface area contributed by atoms with Gasteiger partial charge in [-0.2, -0.15) is 4.39 Å². The van der Waals surface area contributed by atoms with E-state index in [2.05, 4.69) is 9.72 Å². The number of carbonyl (C=O) groups excluding carboxylic acids is 1. The molecule has 0 radical (unpaired) electrons. The molecule has 0 unspecified atom stereocenters. The predicted octanol–water partition coefficient (Wildman–Crippen LogP) is 2.85. The van der Waals surface area contributed by atoms with Gasteiger partial charge in [-0.1, -0.05) is 6.07 Å². The number of carbonyl (C=O) groups is 1. The first kappa shape index (κ1) is 15.3. The van der Waals surface area contributed by atoms with E-state index in [0.717, 1.165) is 31.5 Å². The molecule has 0 fully saturated rings. The molecule has 0 saturated carbocycles. The van der Waals surface area contributed by atoms with E-state index < -0.39 is 39.8 Å². The van der Waals surface area contributed by atoms with Gasteiger partial charge in [0.25, 0.3) is 5.88 Å². The highest BCUT2D eigenvalue weighted by Crippen LogP contribution is 2.31. The molecule has 22 heavy (non-hydrogen) atoms. The van der Waals surface area contributed by atoms with Crippen LogP contribution in [-0.2, 0) is 4.74 Å². The normalized spacial score (nSPS) is 10.1. The number of aromatic nitrogens is 1. The van der Waals surface area contributed by atoms with Crippen LogP contribution in [0.15, 0.2) is 30.5 Å². The van der Waals surface area contributed by atoms with Crippen LogP contribution in [0, 0.1) is 21.7 Å². The molecule has 0 aliphatic carbocycles. The van der Waals surface area contributed by atoms with Crippen molar-refractivity contribution < 1.29 is 28.0 Å². The number of pyridine rings is 1. The van der Waals surface area contributed by atoms with E-state index in [1.54, 1.807) is 0 Å². The van der Waals surface area contributed by atoms with Gasteiger partial charge in [0.1, 0.15) is 0 Å². The van der Waals surface area contributed by atoms with Crippen molar-refractivity contribution in [2.24, 2.45) is 0 Å². The zero-order chi connectivity index (χ0) is 16.3. The summed E-state index contributed by atoms with van der Waals surface area (Å²) in [6, 6.07) is 3.98. The maximum absolute atomic E-state index is 13.5. The quantitative estimate of drug-likeness (QED) is 0.490. The number of halogens is 2. The molecule has 7 nitrogen and oxygen atoms in total. The van der Waals surface area contributed by atoms with Gasteiger partial charge in [-0.05, 0) is 12.1 Å². The molecule has 1 aromatic carbocycles. The lowest BCUT2D eigenvalue weighted by Crippen LogP contribution is -2.05. The Balaban J connectivity index is 2.44. The van der Waals surface area contributed by atoms with Gasteiger partial charge in [-0.25, -0.2) is 14.2 Å². The van der Waals surface area contributed by atoms with E-state index in [4.69, 9.17) is 4.74 Å². The molecule has 2 rings (SSSR count). The van der Waals surface area contributed by atoms with Crippen molar-refractivity contribution in [1.82, 2.24) is 4.98 Å². The lowest BCUT2D eigenvalue weighted by Gasteiger charge is -2.07. The Kier molecular flexibility index (Phi) is 4.25. The van der Waals surface area contributed by atoms with Crippen molar-refractivity contribution in [3.05, 3.63) is 57.8 Å². The number of nitro groups is 1. The number of esters is 1. The number of benzene rings is 1. The minimum absolute atomic E-state index is 0.179. The molecule has 0 N–H and O–H groups in total. The summed E-state index contributed by atoms with van der Waals surface area (Å²) in [5, 5.41) is 11.0. The molecule has 0 aliphatic heterocycles. The number of methoxy groups -OCH3 is 1. The topological polar surface area (TPSA) is 91.6 Å². The second-order valence-corrected chi connectivity index (χ2v) is 3.95. The Hall–Kier alpha value is -3.10. The van der Waals surface area contributed by atoms with Gasteiger partial charge in [0.2, 0.25) is 5.82 Å². The lowest BCUT2D eigenvalue weighted by molar-refractivity contribution is -0.386. The van der Waals surface area contributed by atoms with Crippen molar-refractivity contribution >= 4 is 11.7 Å². The summed E-state index contributed by atoms with van der Waals surface area (Å²) in [6.45, 7) is 0. The van der Waals surface area contributed by atoms with Gasteiger partial charge in [0.15, 0.2) is 11.6 Å². The van der Waals surface area contributed by atoms with Crippen molar-refractivity contribution in [1.29, 1.82) is 0 Å². The van der Waals surface area contributed by atoms with E-state index in [-0.39, 0.29) is 5.56 Å². The highest BCUT2D eigenvalue weighted by molar-refractivity contribution is 5.89. The van der Waals surface area contributed by atoms with Crippen molar-refractivity contribution in [2.75, 3.05) is 7.11 Å². The standard InChI is InChI=1S/C13H8F2N2O5/c1-21-13(18)7-5-9(17(19)20)12(16-6-7)22-10-4-2-3-8(14)11(10)15/h2-6H,1H3. The Morgan fingerprint density at radius 2 is 2.09 bits per heavy atom. The second-order valence-electron chi connectivity index (χ2n) is 3.95. The SMILES string of the molecule is COC(=O)c1cnc(Oc2cccc(F)c2F)c([N+](=O)[O-])c1. The minimum atomic E-state index is -1.31. The zero-order valence-corrected chi connectivity index (χ0v) is 11.1. The summed E-state index contributed by atoms with van der Waals surface area (Å²) in [5.74, 6) is -4.47. The largest absolute Gasteiger partial charge is 0.465 e. The Morgan fingerprint density at radius 3 is 2.73 bits per heavy atom. The van der Waals surface area contributed by atoms with Gasteiger partial charge < -0.3 is 9.47 Å². The maximum Gasteiger partial charge on any atom is 0.339 e. The fraction of sp³-hybridized carbons (Fsp3) is 0.0769. The Bertz CT molecular complexity index is 751. The molecule has 2 aromatic rings.